The molecular formula is C31H23N5O7S2. The van der Waals surface area contributed by atoms with Gasteiger partial charge in [0.05, 0.1) is 21.3 Å². The number of ether oxygens (including phenoxy) is 2. The fraction of sp³-hybridized carbons (Fsp3) is 0.0645. The van der Waals surface area contributed by atoms with Crippen molar-refractivity contribution >= 4 is 50.0 Å². The molecule has 2 heterocycles. The van der Waals surface area contributed by atoms with Gasteiger partial charge in [-0.3, -0.25) is 9.42 Å². The molecule has 0 spiro atoms. The minimum Gasteiger partial charge on any atom is -0.460 e. The molecule has 0 radical (unpaired) electrons. The van der Waals surface area contributed by atoms with Crippen LogP contribution in [0.2, 0.25) is 0 Å². The Labute approximate surface area is 261 Å². The third-order valence-electron chi connectivity index (χ3n) is 6.33. The highest BCUT2D eigenvalue weighted by Crippen LogP contribution is 2.30. The molecule has 0 saturated heterocycles. The maximum Gasteiger partial charge on any atom is 0.420 e. The lowest BCUT2D eigenvalue weighted by molar-refractivity contribution is -0.832. The summed E-state index contributed by atoms with van der Waals surface area (Å²) in [5, 5.41) is 19.4. The van der Waals surface area contributed by atoms with E-state index in [0.29, 0.717) is 16.5 Å². The van der Waals surface area contributed by atoms with Crippen molar-refractivity contribution in [2.45, 2.75) is 21.7 Å². The summed E-state index contributed by atoms with van der Waals surface area (Å²) in [6.07, 6.45) is 0. The van der Waals surface area contributed by atoms with Gasteiger partial charge in [0.15, 0.2) is 5.16 Å². The van der Waals surface area contributed by atoms with Crippen molar-refractivity contribution in [3.8, 4) is 11.6 Å². The maximum absolute atomic E-state index is 13.0. The number of carbonyl (C=O) groups is 1. The van der Waals surface area contributed by atoms with Crippen LogP contribution in [0.5, 0.6) is 11.6 Å². The SMILES string of the molecule is O=C(CSc1nc(Nc2ccccc2)c2ccccc2n1)OCc1ccc(Oc2no[n+]([O-])c2S(=O)(=O)c2ccccc2)cc1. The average molecular weight is 642 g/mol. The van der Waals surface area contributed by atoms with Gasteiger partial charge in [0.25, 0.3) is 9.84 Å². The lowest BCUT2D eigenvalue weighted by Gasteiger charge is -2.11. The molecule has 12 nitrogen and oxygen atoms in total. The van der Waals surface area contributed by atoms with Crippen molar-refractivity contribution in [3.63, 3.8) is 0 Å². The van der Waals surface area contributed by atoms with Crippen molar-refractivity contribution in [3.05, 3.63) is 120 Å². The zero-order valence-electron chi connectivity index (χ0n) is 23.3. The molecule has 6 rings (SSSR count). The van der Waals surface area contributed by atoms with E-state index in [4.69, 9.17) is 9.47 Å². The van der Waals surface area contributed by atoms with Crippen LogP contribution in [0.1, 0.15) is 5.56 Å². The number of para-hydroxylation sites is 2. The summed E-state index contributed by atoms with van der Waals surface area (Å²) >= 11 is 1.16. The number of rotatable bonds is 11. The van der Waals surface area contributed by atoms with E-state index in [0.717, 1.165) is 28.4 Å². The highest BCUT2D eigenvalue weighted by Gasteiger charge is 2.36. The van der Waals surface area contributed by atoms with E-state index in [9.17, 15) is 18.4 Å². The molecule has 2 aromatic heterocycles. The predicted molar refractivity (Wildman–Crippen MR) is 164 cm³/mol. The van der Waals surface area contributed by atoms with Gasteiger partial charge in [0.2, 0.25) is 0 Å². The number of aromatic nitrogens is 4. The molecule has 0 aliphatic heterocycles. The number of sulfone groups is 1. The number of fused-ring (bicyclic) bond motifs is 1. The second-order valence-corrected chi connectivity index (χ2v) is 12.2. The summed E-state index contributed by atoms with van der Waals surface area (Å²) in [6.45, 7) is -0.0166. The van der Waals surface area contributed by atoms with E-state index in [1.807, 2.05) is 54.6 Å². The molecule has 1 N–H and O–H groups in total. The Bertz CT molecular complexity index is 2060. The average Bonchev–Trinajstić information content (AvgIpc) is 3.44. The molecule has 0 bridgehead atoms. The lowest BCUT2D eigenvalue weighted by atomic mass is 10.2. The van der Waals surface area contributed by atoms with Crippen LogP contribution in [0.25, 0.3) is 10.9 Å². The highest BCUT2D eigenvalue weighted by molar-refractivity contribution is 7.99. The second-order valence-electron chi connectivity index (χ2n) is 9.42. The van der Waals surface area contributed by atoms with Crippen LogP contribution in [0.4, 0.5) is 11.5 Å². The Kier molecular flexibility index (Phi) is 8.57. The minimum atomic E-state index is -4.26. The van der Waals surface area contributed by atoms with Crippen molar-refractivity contribution in [1.29, 1.82) is 0 Å². The largest absolute Gasteiger partial charge is 0.460 e. The van der Waals surface area contributed by atoms with Gasteiger partial charge in [-0.25, -0.2) is 18.4 Å². The normalized spacial score (nSPS) is 11.3. The van der Waals surface area contributed by atoms with E-state index in [2.05, 4.69) is 25.1 Å². The van der Waals surface area contributed by atoms with E-state index in [1.165, 1.54) is 36.4 Å². The lowest BCUT2D eigenvalue weighted by Crippen LogP contribution is -2.30. The van der Waals surface area contributed by atoms with Gasteiger partial charge in [-0.1, -0.05) is 72.4 Å². The maximum atomic E-state index is 13.0. The summed E-state index contributed by atoms with van der Waals surface area (Å²) in [5.74, 6) is -0.168. The molecule has 14 heteroatoms. The van der Waals surface area contributed by atoms with Crippen molar-refractivity contribution in [2.75, 3.05) is 11.1 Å². The third-order valence-corrected chi connectivity index (χ3v) is 8.88. The van der Waals surface area contributed by atoms with Crippen molar-refractivity contribution in [1.82, 2.24) is 15.1 Å². The first-order chi connectivity index (χ1) is 21.9. The fourth-order valence-corrected chi connectivity index (χ4v) is 6.11. The Morgan fingerprint density at radius 1 is 0.889 bits per heavy atom. The van der Waals surface area contributed by atoms with Crippen LogP contribution >= 0.6 is 11.8 Å². The van der Waals surface area contributed by atoms with Crippen LogP contribution in [-0.4, -0.2) is 35.3 Å². The Morgan fingerprint density at radius 2 is 1.58 bits per heavy atom. The molecule has 6 aromatic rings. The van der Waals surface area contributed by atoms with Crippen LogP contribution in [-0.2, 0) is 26.0 Å². The molecule has 0 atom stereocenters. The Morgan fingerprint density at radius 3 is 2.33 bits per heavy atom. The molecule has 0 saturated carbocycles. The van der Waals surface area contributed by atoms with E-state index in [1.54, 1.807) is 18.2 Å². The quantitative estimate of drug-likeness (QED) is 0.0825. The van der Waals surface area contributed by atoms with Gasteiger partial charge in [-0.2, -0.15) is 0 Å². The van der Waals surface area contributed by atoms with Crippen molar-refractivity contribution < 1.29 is 32.2 Å². The van der Waals surface area contributed by atoms with Crippen LogP contribution in [0, 0.1) is 5.21 Å². The number of anilines is 2. The molecule has 4 aromatic carbocycles. The van der Waals surface area contributed by atoms with Gasteiger partial charge in [-0.15, -0.1) is 0 Å². The first kappa shape index (κ1) is 29.6. The first-order valence-corrected chi connectivity index (χ1v) is 15.9. The number of nitrogens with zero attached hydrogens (tertiary/aromatic N) is 4. The van der Waals surface area contributed by atoms with E-state index in [-0.39, 0.29) is 27.9 Å². The number of hydrogen-bond acceptors (Lipinski definition) is 12. The molecule has 0 aliphatic rings. The molecule has 0 unspecified atom stereocenters. The number of thioether (sulfide) groups is 1. The summed E-state index contributed by atoms with van der Waals surface area (Å²) in [7, 11) is -4.26. The van der Waals surface area contributed by atoms with Crippen molar-refractivity contribution in [2.24, 2.45) is 0 Å². The Balaban J connectivity index is 1.06. The summed E-state index contributed by atoms with van der Waals surface area (Å²) in [4.78, 5) is 21.4. The fourth-order valence-electron chi connectivity index (χ4n) is 4.18. The molecule has 45 heavy (non-hydrogen) atoms. The van der Waals surface area contributed by atoms with Crippen LogP contribution < -0.4 is 15.0 Å². The van der Waals surface area contributed by atoms with Crippen LogP contribution in [0.15, 0.2) is 129 Å². The van der Waals surface area contributed by atoms with Gasteiger partial charge < -0.3 is 20.0 Å². The smallest absolute Gasteiger partial charge is 0.420 e. The van der Waals surface area contributed by atoms with Gasteiger partial charge in [0.1, 0.15) is 18.2 Å². The van der Waals surface area contributed by atoms with Gasteiger partial charge in [-0.05, 0) is 59.0 Å². The first-order valence-electron chi connectivity index (χ1n) is 13.4. The number of nitrogens with one attached hydrogen (secondary N) is 1. The molecule has 0 fully saturated rings. The summed E-state index contributed by atoms with van der Waals surface area (Å²) < 4.78 is 41.4. The number of benzene rings is 4. The topological polar surface area (TPSA) is 160 Å². The summed E-state index contributed by atoms with van der Waals surface area (Å²) in [5.41, 5.74) is 2.26. The standard InChI is InChI=1S/C31H23N5O7S2/c37-27(20-44-31-33-26-14-8-7-13-25(26)28(34-31)32-22-9-3-1-4-10-22)41-19-21-15-17-23(18-16-21)42-29-30(36(38)43-35-29)45(39,40)24-11-5-2-6-12-24/h1-18H,19-20H2,(H,32,33,34). The number of hydrogen-bond donors (Lipinski definition) is 1. The molecule has 0 amide bonds. The molecule has 0 aliphatic carbocycles. The number of esters is 1. The third kappa shape index (κ3) is 6.87. The highest BCUT2D eigenvalue weighted by atomic mass is 32.2. The zero-order chi connectivity index (χ0) is 31.2. The molecule has 226 valence electrons. The second kappa shape index (κ2) is 13.0. The molecular weight excluding hydrogens is 619 g/mol. The summed E-state index contributed by atoms with van der Waals surface area (Å²) in [6, 6.07) is 30.9. The van der Waals surface area contributed by atoms with Crippen LogP contribution in [0.3, 0.4) is 0 Å². The van der Waals surface area contributed by atoms with Gasteiger partial charge >= 0.3 is 16.9 Å². The predicted octanol–water partition coefficient (Wildman–Crippen LogP) is 5.46. The minimum absolute atomic E-state index is 0.00959. The van der Waals surface area contributed by atoms with Gasteiger partial charge in [0, 0.05) is 11.1 Å². The zero-order valence-corrected chi connectivity index (χ0v) is 24.9. The monoisotopic (exact) mass is 641 g/mol. The Hall–Kier alpha value is -5.47. The van der Waals surface area contributed by atoms with E-state index >= 15 is 0 Å². The van der Waals surface area contributed by atoms with E-state index < -0.39 is 26.7 Å². The number of carbonyl (C=O) groups excluding carboxylic acids is 1.